The van der Waals surface area contributed by atoms with Crippen LogP contribution in [0.4, 0.5) is 4.79 Å². The van der Waals surface area contributed by atoms with Crippen molar-refractivity contribution in [2.75, 3.05) is 32.8 Å². The first-order valence-corrected chi connectivity index (χ1v) is 9.14. The first kappa shape index (κ1) is 18.5. The fourth-order valence-corrected chi connectivity index (χ4v) is 3.46. The number of carbonyl (C=O) groups excluding carboxylic acids is 1. The van der Waals surface area contributed by atoms with Crippen LogP contribution in [-0.4, -0.2) is 55.5 Å². The molecule has 2 heterocycles. The SMILES string of the molecule is CC(NCC1CCCN(C(=O)OC(C)(C)C)C1)C1CCOCC1. The number of nitrogens with zero attached hydrogens (tertiary/aromatic N) is 1. The molecular formula is C18H34N2O3. The number of hydrogen-bond donors (Lipinski definition) is 1. The number of carbonyl (C=O) groups is 1. The van der Waals surface area contributed by atoms with Crippen molar-refractivity contribution >= 4 is 6.09 Å². The molecule has 5 nitrogen and oxygen atoms in total. The van der Waals surface area contributed by atoms with E-state index in [4.69, 9.17) is 9.47 Å². The fraction of sp³-hybridized carbons (Fsp3) is 0.944. The Bertz CT molecular complexity index is 375. The molecule has 134 valence electrons. The third kappa shape index (κ3) is 6.30. The average molecular weight is 326 g/mol. The third-order valence-corrected chi connectivity index (χ3v) is 4.87. The van der Waals surface area contributed by atoms with Gasteiger partial charge in [-0.15, -0.1) is 0 Å². The summed E-state index contributed by atoms with van der Waals surface area (Å²) in [7, 11) is 0. The lowest BCUT2D eigenvalue weighted by Crippen LogP contribution is -2.47. The summed E-state index contributed by atoms with van der Waals surface area (Å²) in [4.78, 5) is 14.1. The number of nitrogens with one attached hydrogen (secondary N) is 1. The molecule has 0 aromatic carbocycles. The van der Waals surface area contributed by atoms with Crippen LogP contribution in [0.5, 0.6) is 0 Å². The Balaban J connectivity index is 1.74. The summed E-state index contributed by atoms with van der Waals surface area (Å²) in [6.07, 6.45) is 4.40. The van der Waals surface area contributed by atoms with Crippen LogP contribution in [0, 0.1) is 11.8 Å². The minimum Gasteiger partial charge on any atom is -0.444 e. The lowest BCUT2D eigenvalue weighted by atomic mass is 9.91. The van der Waals surface area contributed by atoms with E-state index in [9.17, 15) is 4.79 Å². The van der Waals surface area contributed by atoms with E-state index in [2.05, 4.69) is 12.2 Å². The van der Waals surface area contributed by atoms with Gasteiger partial charge in [-0.3, -0.25) is 0 Å². The van der Waals surface area contributed by atoms with Gasteiger partial charge >= 0.3 is 6.09 Å². The van der Waals surface area contributed by atoms with Gasteiger partial charge < -0.3 is 19.7 Å². The van der Waals surface area contributed by atoms with Crippen molar-refractivity contribution in [3.05, 3.63) is 0 Å². The molecule has 2 saturated heterocycles. The second-order valence-corrected chi connectivity index (χ2v) is 8.08. The second-order valence-electron chi connectivity index (χ2n) is 8.08. The highest BCUT2D eigenvalue weighted by molar-refractivity contribution is 5.68. The van der Waals surface area contributed by atoms with Gasteiger partial charge in [0.2, 0.25) is 0 Å². The molecule has 0 aromatic heterocycles. The van der Waals surface area contributed by atoms with Crippen LogP contribution >= 0.6 is 0 Å². The highest BCUT2D eigenvalue weighted by Gasteiger charge is 2.28. The van der Waals surface area contributed by atoms with E-state index in [1.165, 1.54) is 6.42 Å². The minimum absolute atomic E-state index is 0.167. The summed E-state index contributed by atoms with van der Waals surface area (Å²) in [6.45, 7) is 12.4. The lowest BCUT2D eigenvalue weighted by Gasteiger charge is -2.35. The topological polar surface area (TPSA) is 50.8 Å². The highest BCUT2D eigenvalue weighted by atomic mass is 16.6. The predicted molar refractivity (Wildman–Crippen MR) is 91.5 cm³/mol. The van der Waals surface area contributed by atoms with Gasteiger partial charge in [0.05, 0.1) is 0 Å². The van der Waals surface area contributed by atoms with Crippen LogP contribution in [0.1, 0.15) is 53.4 Å². The zero-order valence-electron chi connectivity index (χ0n) is 15.3. The summed E-state index contributed by atoms with van der Waals surface area (Å²) < 4.78 is 10.9. The standard InChI is InChI=1S/C18H34N2O3/c1-14(16-7-10-22-11-8-16)19-12-15-6-5-9-20(13-15)17(21)23-18(2,3)4/h14-16,19H,5-13H2,1-4H3. The fourth-order valence-electron chi connectivity index (χ4n) is 3.46. The quantitative estimate of drug-likeness (QED) is 0.863. The molecule has 1 amide bonds. The lowest BCUT2D eigenvalue weighted by molar-refractivity contribution is 0.0160. The number of rotatable bonds is 4. The molecule has 0 radical (unpaired) electrons. The summed E-state index contributed by atoms with van der Waals surface area (Å²) in [6, 6.07) is 0.524. The molecule has 2 aliphatic rings. The molecule has 0 saturated carbocycles. The van der Waals surface area contributed by atoms with Crippen LogP contribution < -0.4 is 5.32 Å². The van der Waals surface area contributed by atoms with Gasteiger partial charge in [0.15, 0.2) is 0 Å². The normalized spacial score (nSPS) is 25.2. The van der Waals surface area contributed by atoms with Crippen molar-refractivity contribution in [1.29, 1.82) is 0 Å². The Labute approximate surface area is 141 Å². The molecule has 5 heteroatoms. The molecular weight excluding hydrogens is 292 g/mol. The number of amides is 1. The van der Waals surface area contributed by atoms with Crippen LogP contribution in [0.2, 0.25) is 0 Å². The largest absolute Gasteiger partial charge is 0.444 e. The van der Waals surface area contributed by atoms with Crippen LogP contribution in [-0.2, 0) is 9.47 Å². The van der Waals surface area contributed by atoms with Crippen molar-refractivity contribution in [3.8, 4) is 0 Å². The minimum atomic E-state index is -0.417. The molecule has 1 N–H and O–H groups in total. The Hall–Kier alpha value is -0.810. The molecule has 2 rings (SSSR count). The van der Waals surface area contributed by atoms with Gasteiger partial charge in [-0.2, -0.15) is 0 Å². The van der Waals surface area contributed by atoms with Crippen LogP contribution in [0.15, 0.2) is 0 Å². The van der Waals surface area contributed by atoms with Gasteiger partial charge in [0, 0.05) is 32.3 Å². The Morgan fingerprint density at radius 1 is 1.30 bits per heavy atom. The van der Waals surface area contributed by atoms with E-state index in [0.29, 0.717) is 17.9 Å². The van der Waals surface area contributed by atoms with Crippen molar-refractivity contribution in [3.63, 3.8) is 0 Å². The Morgan fingerprint density at radius 2 is 2.00 bits per heavy atom. The summed E-state index contributed by atoms with van der Waals surface area (Å²) in [5.41, 5.74) is -0.417. The first-order chi connectivity index (χ1) is 10.8. The average Bonchev–Trinajstić information content (AvgIpc) is 2.52. The first-order valence-electron chi connectivity index (χ1n) is 9.14. The maximum atomic E-state index is 12.2. The summed E-state index contributed by atoms with van der Waals surface area (Å²) >= 11 is 0. The predicted octanol–water partition coefficient (Wildman–Crippen LogP) is 3.04. The number of hydrogen-bond acceptors (Lipinski definition) is 4. The van der Waals surface area contributed by atoms with Crippen molar-refractivity contribution in [2.24, 2.45) is 11.8 Å². The van der Waals surface area contributed by atoms with E-state index >= 15 is 0 Å². The summed E-state index contributed by atoms with van der Waals surface area (Å²) in [5, 5.41) is 3.70. The number of likely N-dealkylation sites (tertiary alicyclic amines) is 1. The van der Waals surface area contributed by atoms with E-state index in [0.717, 1.165) is 52.1 Å². The number of ether oxygens (including phenoxy) is 2. The van der Waals surface area contributed by atoms with Gasteiger partial charge in [-0.25, -0.2) is 4.79 Å². The van der Waals surface area contributed by atoms with Gasteiger partial charge in [-0.05, 0) is 71.8 Å². The molecule has 2 fully saturated rings. The highest BCUT2D eigenvalue weighted by Crippen LogP contribution is 2.21. The smallest absolute Gasteiger partial charge is 0.410 e. The number of piperidine rings is 1. The van der Waals surface area contributed by atoms with Gasteiger partial charge in [0.1, 0.15) is 5.60 Å². The molecule has 2 unspecified atom stereocenters. The molecule has 0 spiro atoms. The monoisotopic (exact) mass is 326 g/mol. The van der Waals surface area contributed by atoms with E-state index in [1.54, 1.807) is 0 Å². The van der Waals surface area contributed by atoms with Gasteiger partial charge in [0.25, 0.3) is 0 Å². The molecule has 23 heavy (non-hydrogen) atoms. The van der Waals surface area contributed by atoms with Crippen LogP contribution in [0.3, 0.4) is 0 Å². The molecule has 0 aromatic rings. The van der Waals surface area contributed by atoms with Crippen molar-refractivity contribution < 1.29 is 14.3 Å². The molecule has 0 bridgehead atoms. The molecule has 0 aliphatic carbocycles. The second kappa shape index (κ2) is 8.34. The van der Waals surface area contributed by atoms with E-state index in [-0.39, 0.29) is 6.09 Å². The van der Waals surface area contributed by atoms with Gasteiger partial charge in [-0.1, -0.05) is 0 Å². The van der Waals surface area contributed by atoms with Crippen molar-refractivity contribution in [1.82, 2.24) is 10.2 Å². The molecule has 2 aliphatic heterocycles. The van der Waals surface area contributed by atoms with Crippen LogP contribution in [0.25, 0.3) is 0 Å². The maximum absolute atomic E-state index is 12.2. The third-order valence-electron chi connectivity index (χ3n) is 4.87. The summed E-state index contributed by atoms with van der Waals surface area (Å²) in [5.74, 6) is 1.24. The van der Waals surface area contributed by atoms with E-state index in [1.807, 2.05) is 25.7 Å². The molecule has 2 atom stereocenters. The van der Waals surface area contributed by atoms with E-state index < -0.39 is 5.60 Å². The maximum Gasteiger partial charge on any atom is 0.410 e. The Morgan fingerprint density at radius 3 is 2.65 bits per heavy atom. The Kier molecular flexibility index (Phi) is 6.72. The zero-order chi connectivity index (χ0) is 16.9. The zero-order valence-corrected chi connectivity index (χ0v) is 15.3. The van der Waals surface area contributed by atoms with Crippen molar-refractivity contribution in [2.45, 2.75) is 65.0 Å².